The number of nitrogens with one attached hydrogen (secondary N) is 3. The molecule has 7 nitrogen and oxygen atoms in total. The minimum atomic E-state index is -3.79. The van der Waals surface area contributed by atoms with Gasteiger partial charge in [0.25, 0.3) is 0 Å². The monoisotopic (exact) mass is 311 g/mol. The lowest BCUT2D eigenvalue weighted by atomic mass is 10.1. The van der Waals surface area contributed by atoms with Crippen LogP contribution < -0.4 is 15.4 Å². The summed E-state index contributed by atoms with van der Waals surface area (Å²) in [5.41, 5.74) is 0.817. The maximum atomic E-state index is 12.2. The molecule has 0 saturated carbocycles. The Balaban J connectivity index is 2.11. The first-order valence-corrected chi connectivity index (χ1v) is 8.10. The molecule has 0 bridgehead atoms. The van der Waals surface area contributed by atoms with Gasteiger partial charge < -0.3 is 5.32 Å². The van der Waals surface area contributed by atoms with E-state index in [9.17, 15) is 18.0 Å². The summed E-state index contributed by atoms with van der Waals surface area (Å²) >= 11 is 0. The molecule has 8 heteroatoms. The van der Waals surface area contributed by atoms with Gasteiger partial charge in [-0.1, -0.05) is 0 Å². The van der Waals surface area contributed by atoms with Crippen LogP contribution in [0.1, 0.15) is 19.8 Å². The summed E-state index contributed by atoms with van der Waals surface area (Å²) in [5.74, 6) is -0.996. The molecule has 1 aliphatic heterocycles. The number of hydrogen-bond donors (Lipinski definition) is 3. The lowest BCUT2D eigenvalue weighted by Crippen LogP contribution is -2.52. The zero-order valence-corrected chi connectivity index (χ0v) is 12.4. The number of carbonyl (C=O) groups is 2. The van der Waals surface area contributed by atoms with E-state index in [4.69, 9.17) is 0 Å². The van der Waals surface area contributed by atoms with Gasteiger partial charge in [-0.25, -0.2) is 8.42 Å². The molecule has 1 aromatic rings. The maximum Gasteiger partial charge on any atom is 0.244 e. The Kier molecular flexibility index (Phi) is 4.59. The van der Waals surface area contributed by atoms with Crippen molar-refractivity contribution in [1.29, 1.82) is 0 Å². The molecule has 21 heavy (non-hydrogen) atoms. The van der Waals surface area contributed by atoms with Crippen molar-refractivity contribution in [2.24, 2.45) is 0 Å². The summed E-state index contributed by atoms with van der Waals surface area (Å²) < 4.78 is 26.7. The van der Waals surface area contributed by atoms with E-state index >= 15 is 0 Å². The molecule has 1 aliphatic rings. The summed E-state index contributed by atoms with van der Waals surface area (Å²) in [4.78, 5) is 22.7. The molecule has 3 N–H and O–H groups in total. The van der Waals surface area contributed by atoms with Crippen LogP contribution in [0.5, 0.6) is 0 Å². The minimum absolute atomic E-state index is 0.0776. The van der Waals surface area contributed by atoms with Crippen LogP contribution in [0.25, 0.3) is 0 Å². The SMILES string of the molecule is CCNc1ccc(S(=O)(=O)NC2CCC(=O)NC2=O)cc1. The first-order chi connectivity index (χ1) is 9.92. The van der Waals surface area contributed by atoms with E-state index in [1.54, 1.807) is 12.1 Å². The second-order valence-electron chi connectivity index (χ2n) is 4.68. The molecule has 0 spiro atoms. The highest BCUT2D eigenvalue weighted by atomic mass is 32.2. The molecule has 1 heterocycles. The van der Waals surface area contributed by atoms with Crippen molar-refractivity contribution in [2.45, 2.75) is 30.7 Å². The van der Waals surface area contributed by atoms with Crippen molar-refractivity contribution >= 4 is 27.5 Å². The number of imide groups is 1. The number of hydrogen-bond acceptors (Lipinski definition) is 5. The number of sulfonamides is 1. The second kappa shape index (κ2) is 6.23. The van der Waals surface area contributed by atoms with Crippen LogP contribution in [0.2, 0.25) is 0 Å². The van der Waals surface area contributed by atoms with Crippen LogP contribution in [-0.2, 0) is 19.6 Å². The number of piperidine rings is 1. The molecule has 1 aromatic carbocycles. The third kappa shape index (κ3) is 3.79. The highest BCUT2D eigenvalue weighted by Gasteiger charge is 2.30. The van der Waals surface area contributed by atoms with Crippen molar-refractivity contribution in [3.63, 3.8) is 0 Å². The Labute approximate surface area is 123 Å². The molecule has 1 saturated heterocycles. The molecule has 1 atom stereocenters. The molecule has 2 rings (SSSR count). The summed E-state index contributed by atoms with van der Waals surface area (Å²) in [5, 5.41) is 5.18. The topological polar surface area (TPSA) is 104 Å². The van der Waals surface area contributed by atoms with Crippen molar-refractivity contribution in [3.05, 3.63) is 24.3 Å². The van der Waals surface area contributed by atoms with E-state index in [1.807, 2.05) is 6.92 Å². The van der Waals surface area contributed by atoms with Gasteiger partial charge in [0.05, 0.1) is 4.90 Å². The van der Waals surface area contributed by atoms with Crippen molar-refractivity contribution < 1.29 is 18.0 Å². The van der Waals surface area contributed by atoms with Crippen LogP contribution in [0.15, 0.2) is 29.2 Å². The highest BCUT2D eigenvalue weighted by molar-refractivity contribution is 7.89. The average molecular weight is 311 g/mol. The summed E-state index contributed by atoms with van der Waals surface area (Å²) in [6.07, 6.45) is 0.289. The van der Waals surface area contributed by atoms with Gasteiger partial charge in [0.15, 0.2) is 0 Å². The van der Waals surface area contributed by atoms with Gasteiger partial charge in [0.1, 0.15) is 6.04 Å². The average Bonchev–Trinajstić information content (AvgIpc) is 2.43. The lowest BCUT2D eigenvalue weighted by molar-refractivity contribution is -0.134. The first-order valence-electron chi connectivity index (χ1n) is 6.62. The van der Waals surface area contributed by atoms with Gasteiger partial charge in [-0.3, -0.25) is 14.9 Å². The summed E-state index contributed by atoms with van der Waals surface area (Å²) in [6, 6.07) is 5.32. The van der Waals surface area contributed by atoms with Crippen LogP contribution in [0.3, 0.4) is 0 Å². The van der Waals surface area contributed by atoms with Crippen LogP contribution >= 0.6 is 0 Å². The second-order valence-corrected chi connectivity index (χ2v) is 6.39. The van der Waals surface area contributed by atoms with E-state index in [-0.39, 0.29) is 23.6 Å². The van der Waals surface area contributed by atoms with E-state index < -0.39 is 22.0 Å². The van der Waals surface area contributed by atoms with Crippen molar-refractivity contribution in [3.8, 4) is 0 Å². The van der Waals surface area contributed by atoms with Gasteiger partial charge in [-0.2, -0.15) is 4.72 Å². The van der Waals surface area contributed by atoms with Gasteiger partial charge in [-0.05, 0) is 37.6 Å². The molecular weight excluding hydrogens is 294 g/mol. The zero-order valence-electron chi connectivity index (χ0n) is 11.5. The Morgan fingerprint density at radius 3 is 2.48 bits per heavy atom. The fraction of sp³-hybridized carbons (Fsp3) is 0.385. The van der Waals surface area contributed by atoms with Gasteiger partial charge in [-0.15, -0.1) is 0 Å². The quantitative estimate of drug-likeness (QED) is 0.674. The Hall–Kier alpha value is -1.93. The zero-order chi connectivity index (χ0) is 15.5. The Bertz CT molecular complexity index is 640. The lowest BCUT2D eigenvalue weighted by Gasteiger charge is -2.21. The van der Waals surface area contributed by atoms with Gasteiger partial charge >= 0.3 is 0 Å². The fourth-order valence-corrected chi connectivity index (χ4v) is 3.25. The number of amides is 2. The summed E-state index contributed by atoms with van der Waals surface area (Å²) in [7, 11) is -3.79. The standard InChI is InChI=1S/C13H17N3O4S/c1-2-14-9-3-5-10(6-4-9)21(19,20)16-11-7-8-12(17)15-13(11)18/h3-6,11,14,16H,2,7-8H2,1H3,(H,15,17,18). The third-order valence-corrected chi connectivity index (χ3v) is 4.57. The van der Waals surface area contributed by atoms with Crippen molar-refractivity contribution in [2.75, 3.05) is 11.9 Å². The van der Waals surface area contributed by atoms with E-state index in [0.29, 0.717) is 0 Å². The molecule has 1 unspecified atom stereocenters. The number of carbonyl (C=O) groups excluding carboxylic acids is 2. The van der Waals surface area contributed by atoms with Crippen molar-refractivity contribution in [1.82, 2.24) is 10.0 Å². The Morgan fingerprint density at radius 1 is 1.24 bits per heavy atom. The van der Waals surface area contributed by atoms with E-state index in [0.717, 1.165) is 12.2 Å². The van der Waals surface area contributed by atoms with Gasteiger partial charge in [0.2, 0.25) is 21.8 Å². The van der Waals surface area contributed by atoms with Crippen LogP contribution in [0.4, 0.5) is 5.69 Å². The molecule has 1 fully saturated rings. The van der Waals surface area contributed by atoms with Crippen LogP contribution in [-0.4, -0.2) is 32.8 Å². The van der Waals surface area contributed by atoms with Gasteiger partial charge in [0, 0.05) is 18.7 Å². The van der Waals surface area contributed by atoms with E-state index in [2.05, 4.69) is 15.4 Å². The summed E-state index contributed by atoms with van der Waals surface area (Å²) in [6.45, 7) is 2.68. The van der Waals surface area contributed by atoms with Crippen LogP contribution in [0, 0.1) is 0 Å². The number of rotatable bonds is 5. The maximum absolute atomic E-state index is 12.2. The molecule has 0 radical (unpaired) electrons. The minimum Gasteiger partial charge on any atom is -0.385 e. The Morgan fingerprint density at radius 2 is 1.90 bits per heavy atom. The molecular formula is C13H17N3O4S. The normalized spacial score (nSPS) is 19.2. The predicted molar refractivity (Wildman–Crippen MR) is 77.1 cm³/mol. The molecule has 0 aromatic heterocycles. The van der Waals surface area contributed by atoms with E-state index in [1.165, 1.54) is 12.1 Å². The first kappa shape index (κ1) is 15.5. The molecule has 114 valence electrons. The molecule has 2 amide bonds. The predicted octanol–water partition coefficient (Wildman–Crippen LogP) is 0.202. The highest BCUT2D eigenvalue weighted by Crippen LogP contribution is 2.15. The largest absolute Gasteiger partial charge is 0.385 e. The number of benzene rings is 1. The smallest absolute Gasteiger partial charge is 0.244 e. The molecule has 0 aliphatic carbocycles. The fourth-order valence-electron chi connectivity index (χ4n) is 2.02. The number of anilines is 1. The third-order valence-electron chi connectivity index (χ3n) is 3.08.